The van der Waals surface area contributed by atoms with E-state index < -0.39 is 0 Å². The van der Waals surface area contributed by atoms with Crippen LogP contribution in [0.5, 0.6) is 0 Å². The zero-order valence-corrected chi connectivity index (χ0v) is 7.94. The number of rotatable bonds is 0. The van der Waals surface area contributed by atoms with Gasteiger partial charge in [-0.3, -0.25) is 9.78 Å². The van der Waals surface area contributed by atoms with Crippen molar-refractivity contribution < 1.29 is 4.79 Å². The van der Waals surface area contributed by atoms with E-state index in [9.17, 15) is 4.79 Å². The molecule has 0 fully saturated rings. The van der Waals surface area contributed by atoms with Crippen LogP contribution in [0.1, 0.15) is 6.92 Å². The van der Waals surface area contributed by atoms with Crippen LogP contribution in [0.3, 0.4) is 0 Å². The molecule has 0 spiro atoms. The minimum absolute atomic E-state index is 0. The maximum absolute atomic E-state index is 9.22. The standard InChI is InChI=1S/C5H5N.C2H5NO.BrH/c1-2-4-6-5-3-1;1-2(3)4;/h1-5H;1H3,(H2,3,4);1H. The Balaban J connectivity index is 0. The van der Waals surface area contributed by atoms with Crippen molar-refractivity contribution in [3.8, 4) is 0 Å². The number of aromatic nitrogens is 1. The summed E-state index contributed by atoms with van der Waals surface area (Å²) in [4.78, 5) is 13.0. The minimum Gasteiger partial charge on any atom is -0.370 e. The first-order chi connectivity index (χ1) is 4.73. The fourth-order valence-electron chi connectivity index (χ4n) is 0.313. The van der Waals surface area contributed by atoms with Crippen LogP contribution in [0.25, 0.3) is 0 Å². The van der Waals surface area contributed by atoms with Crippen LogP contribution in [-0.2, 0) is 4.79 Å². The second kappa shape index (κ2) is 9.10. The van der Waals surface area contributed by atoms with Gasteiger partial charge in [-0.05, 0) is 12.1 Å². The molecule has 0 atom stereocenters. The first-order valence-electron chi connectivity index (χ1n) is 2.84. The second-order valence-corrected chi connectivity index (χ2v) is 1.64. The summed E-state index contributed by atoms with van der Waals surface area (Å²) >= 11 is 0. The van der Waals surface area contributed by atoms with Crippen molar-refractivity contribution in [3.05, 3.63) is 30.6 Å². The van der Waals surface area contributed by atoms with Crippen molar-refractivity contribution in [3.63, 3.8) is 0 Å². The number of hydrogen-bond donors (Lipinski definition) is 1. The summed E-state index contributed by atoms with van der Waals surface area (Å²) in [5.74, 6) is -0.333. The first-order valence-corrected chi connectivity index (χ1v) is 2.84. The number of nitrogens with zero attached hydrogens (tertiary/aromatic N) is 1. The van der Waals surface area contributed by atoms with Gasteiger partial charge >= 0.3 is 0 Å². The van der Waals surface area contributed by atoms with Gasteiger partial charge in [-0.2, -0.15) is 0 Å². The number of carbonyl (C=O) groups is 1. The van der Waals surface area contributed by atoms with E-state index in [0.29, 0.717) is 0 Å². The lowest BCUT2D eigenvalue weighted by atomic mass is 10.5. The van der Waals surface area contributed by atoms with E-state index in [1.54, 1.807) is 12.4 Å². The monoisotopic (exact) mass is 218 g/mol. The van der Waals surface area contributed by atoms with Crippen molar-refractivity contribution in [1.29, 1.82) is 0 Å². The number of hydrogen-bond acceptors (Lipinski definition) is 2. The van der Waals surface area contributed by atoms with Crippen LogP contribution >= 0.6 is 17.0 Å². The predicted octanol–water partition coefficient (Wildman–Crippen LogP) is 1.15. The average molecular weight is 219 g/mol. The molecule has 0 aliphatic carbocycles. The fourth-order valence-corrected chi connectivity index (χ4v) is 0.313. The van der Waals surface area contributed by atoms with Crippen LogP contribution in [0.15, 0.2) is 30.6 Å². The van der Waals surface area contributed by atoms with E-state index in [2.05, 4.69) is 10.7 Å². The molecule has 3 nitrogen and oxygen atoms in total. The number of halogens is 1. The number of nitrogens with two attached hydrogens (primary N) is 1. The lowest BCUT2D eigenvalue weighted by Crippen LogP contribution is -2.01. The molecule has 1 heterocycles. The van der Waals surface area contributed by atoms with Gasteiger partial charge in [0.15, 0.2) is 0 Å². The summed E-state index contributed by atoms with van der Waals surface area (Å²) in [6, 6.07) is 5.72. The van der Waals surface area contributed by atoms with E-state index in [0.717, 1.165) is 0 Å². The quantitative estimate of drug-likeness (QED) is 0.711. The third-order valence-corrected chi connectivity index (χ3v) is 0.566. The number of carbonyl (C=O) groups excluding carboxylic acids is 1. The van der Waals surface area contributed by atoms with Gasteiger partial charge in [-0.25, -0.2) is 0 Å². The maximum atomic E-state index is 9.22. The van der Waals surface area contributed by atoms with Crippen LogP contribution < -0.4 is 5.73 Å². The van der Waals surface area contributed by atoms with Crippen LogP contribution in [0, 0.1) is 0 Å². The molecule has 0 aromatic carbocycles. The summed E-state index contributed by atoms with van der Waals surface area (Å²) in [5.41, 5.74) is 4.47. The third-order valence-electron chi connectivity index (χ3n) is 0.566. The highest BCUT2D eigenvalue weighted by Gasteiger charge is 1.61. The summed E-state index contributed by atoms with van der Waals surface area (Å²) in [6.07, 6.45) is 3.50. The first kappa shape index (κ1) is 12.7. The largest absolute Gasteiger partial charge is 0.370 e. The Hall–Kier alpha value is -0.900. The molecule has 0 aliphatic heterocycles. The zero-order valence-electron chi connectivity index (χ0n) is 6.23. The van der Waals surface area contributed by atoms with Gasteiger partial charge in [-0.1, -0.05) is 6.07 Å². The predicted molar refractivity (Wildman–Crippen MR) is 49.4 cm³/mol. The second-order valence-electron chi connectivity index (χ2n) is 1.64. The summed E-state index contributed by atoms with van der Waals surface area (Å²) in [6.45, 7) is 1.31. The third kappa shape index (κ3) is 17.6. The molecule has 0 radical (unpaired) electrons. The fraction of sp³-hybridized carbons (Fsp3) is 0.143. The normalized spacial score (nSPS) is 6.64. The van der Waals surface area contributed by atoms with Crippen molar-refractivity contribution in [1.82, 2.24) is 4.98 Å². The van der Waals surface area contributed by atoms with Crippen LogP contribution in [0.4, 0.5) is 0 Å². The average Bonchev–Trinajstić information content (AvgIpc) is 1.90. The molecule has 1 rings (SSSR count). The van der Waals surface area contributed by atoms with E-state index in [1.807, 2.05) is 18.2 Å². The highest BCUT2D eigenvalue weighted by molar-refractivity contribution is 8.93. The molecule has 2 N–H and O–H groups in total. The molecule has 62 valence electrons. The highest BCUT2D eigenvalue weighted by atomic mass is 79.9. The van der Waals surface area contributed by atoms with E-state index >= 15 is 0 Å². The minimum atomic E-state index is -0.333. The summed E-state index contributed by atoms with van der Waals surface area (Å²) in [7, 11) is 0. The number of amides is 1. The molecule has 0 saturated carbocycles. The summed E-state index contributed by atoms with van der Waals surface area (Å²) < 4.78 is 0. The molecule has 1 amide bonds. The smallest absolute Gasteiger partial charge is 0.214 e. The molecule has 1 aromatic rings. The molecule has 0 aliphatic rings. The van der Waals surface area contributed by atoms with Crippen LogP contribution in [-0.4, -0.2) is 10.9 Å². The van der Waals surface area contributed by atoms with Crippen molar-refractivity contribution in [2.75, 3.05) is 0 Å². The molecular formula is C7H11BrN2O. The molecular weight excluding hydrogens is 208 g/mol. The van der Waals surface area contributed by atoms with Crippen LogP contribution in [0.2, 0.25) is 0 Å². The Morgan fingerprint density at radius 2 is 1.64 bits per heavy atom. The van der Waals surface area contributed by atoms with E-state index in [4.69, 9.17) is 0 Å². The van der Waals surface area contributed by atoms with Crippen molar-refractivity contribution in [2.45, 2.75) is 6.92 Å². The Kier molecular flexibility index (Phi) is 10.5. The van der Waals surface area contributed by atoms with E-state index in [1.165, 1.54) is 6.92 Å². The molecule has 0 bridgehead atoms. The number of pyridine rings is 1. The Morgan fingerprint density at radius 3 is 1.73 bits per heavy atom. The Morgan fingerprint density at radius 1 is 1.27 bits per heavy atom. The van der Waals surface area contributed by atoms with Gasteiger partial charge in [0, 0.05) is 19.3 Å². The Bertz CT molecular complexity index is 148. The summed E-state index contributed by atoms with van der Waals surface area (Å²) in [5, 5.41) is 0. The van der Waals surface area contributed by atoms with Gasteiger partial charge in [0.25, 0.3) is 0 Å². The SMILES string of the molecule is Br.CC(N)=O.c1ccncc1. The highest BCUT2D eigenvalue weighted by Crippen LogP contribution is 1.73. The molecule has 0 saturated heterocycles. The Labute approximate surface area is 76.4 Å². The van der Waals surface area contributed by atoms with Gasteiger partial charge in [-0.15, -0.1) is 17.0 Å². The molecule has 0 unspecified atom stereocenters. The molecule has 4 heteroatoms. The lowest BCUT2D eigenvalue weighted by molar-refractivity contribution is -0.115. The van der Waals surface area contributed by atoms with Gasteiger partial charge in [0.2, 0.25) is 5.91 Å². The van der Waals surface area contributed by atoms with Crippen molar-refractivity contribution >= 4 is 22.9 Å². The zero-order chi connectivity index (χ0) is 7.82. The molecule has 1 aromatic heterocycles. The van der Waals surface area contributed by atoms with E-state index in [-0.39, 0.29) is 22.9 Å². The van der Waals surface area contributed by atoms with Gasteiger partial charge in [0.1, 0.15) is 0 Å². The number of primary amides is 1. The topological polar surface area (TPSA) is 56.0 Å². The van der Waals surface area contributed by atoms with Crippen molar-refractivity contribution in [2.24, 2.45) is 5.73 Å². The lowest BCUT2D eigenvalue weighted by Gasteiger charge is -1.70. The maximum Gasteiger partial charge on any atom is 0.214 e. The van der Waals surface area contributed by atoms with Gasteiger partial charge < -0.3 is 5.73 Å². The van der Waals surface area contributed by atoms with Gasteiger partial charge in [0.05, 0.1) is 0 Å². The molecule has 11 heavy (non-hydrogen) atoms.